The van der Waals surface area contributed by atoms with E-state index in [1.165, 1.54) is 12.5 Å². The Labute approximate surface area is 115 Å². The van der Waals surface area contributed by atoms with Crippen LogP contribution in [0.2, 0.25) is 0 Å². The van der Waals surface area contributed by atoms with Crippen molar-refractivity contribution >= 4 is 11.9 Å². The van der Waals surface area contributed by atoms with Gasteiger partial charge in [0, 0.05) is 12.7 Å². The highest BCUT2D eigenvalue weighted by Gasteiger charge is 2.08. The van der Waals surface area contributed by atoms with Crippen molar-refractivity contribution in [1.82, 2.24) is 20.5 Å². The van der Waals surface area contributed by atoms with E-state index in [1.807, 2.05) is 36.4 Å². The van der Waals surface area contributed by atoms with E-state index in [4.69, 9.17) is 5.26 Å². The number of hydrogen-bond acceptors (Lipinski definition) is 5. The van der Waals surface area contributed by atoms with Crippen LogP contribution in [0.15, 0.2) is 48.4 Å². The molecule has 0 atom stereocenters. The molecule has 0 bridgehead atoms. The quantitative estimate of drug-likeness (QED) is 0.552. The number of anilines is 1. The second-order valence-electron chi connectivity index (χ2n) is 3.82. The smallest absolute Gasteiger partial charge is 0.263 e. The van der Waals surface area contributed by atoms with Gasteiger partial charge in [-0.05, 0) is 5.56 Å². The van der Waals surface area contributed by atoms with Crippen LogP contribution in [-0.2, 0) is 11.3 Å². The molecule has 100 valence electrons. The van der Waals surface area contributed by atoms with E-state index in [1.54, 1.807) is 0 Å². The summed E-state index contributed by atoms with van der Waals surface area (Å²) < 4.78 is 0. The van der Waals surface area contributed by atoms with E-state index < -0.39 is 5.91 Å². The molecule has 0 fully saturated rings. The van der Waals surface area contributed by atoms with Crippen molar-refractivity contribution in [3.8, 4) is 6.07 Å². The fourth-order valence-corrected chi connectivity index (χ4v) is 1.44. The number of carbonyl (C=O) groups excluding carboxylic acids is 1. The molecule has 0 aliphatic heterocycles. The fourth-order valence-electron chi connectivity index (χ4n) is 1.44. The third-order valence-electron chi connectivity index (χ3n) is 2.43. The summed E-state index contributed by atoms with van der Waals surface area (Å²) in [5.41, 5.74) is 0.915. The number of nitrogens with one attached hydrogen (secondary N) is 3. The van der Waals surface area contributed by atoms with Crippen molar-refractivity contribution in [2.75, 3.05) is 5.32 Å². The van der Waals surface area contributed by atoms with Crippen LogP contribution in [0.4, 0.5) is 5.95 Å². The van der Waals surface area contributed by atoms with Gasteiger partial charge in [-0.15, -0.1) is 0 Å². The lowest BCUT2D eigenvalue weighted by Gasteiger charge is -2.04. The lowest BCUT2D eigenvalue weighted by Crippen LogP contribution is -2.24. The van der Waals surface area contributed by atoms with E-state index in [0.29, 0.717) is 12.5 Å². The predicted molar refractivity (Wildman–Crippen MR) is 72.0 cm³/mol. The van der Waals surface area contributed by atoms with Gasteiger partial charge < -0.3 is 10.6 Å². The molecular weight excluding hydrogens is 256 g/mol. The third-order valence-corrected chi connectivity index (χ3v) is 2.43. The molecule has 2 rings (SSSR count). The van der Waals surface area contributed by atoms with Crippen molar-refractivity contribution in [2.24, 2.45) is 0 Å². The van der Waals surface area contributed by atoms with Crippen LogP contribution in [0.1, 0.15) is 5.56 Å². The molecule has 0 spiro atoms. The van der Waals surface area contributed by atoms with Gasteiger partial charge in [0.1, 0.15) is 18.0 Å². The van der Waals surface area contributed by atoms with Crippen molar-refractivity contribution in [3.63, 3.8) is 0 Å². The van der Waals surface area contributed by atoms with Gasteiger partial charge in [-0.2, -0.15) is 15.3 Å². The van der Waals surface area contributed by atoms with Crippen LogP contribution in [0.5, 0.6) is 0 Å². The highest BCUT2D eigenvalue weighted by atomic mass is 16.1. The van der Waals surface area contributed by atoms with Gasteiger partial charge in [0.25, 0.3) is 5.91 Å². The molecule has 3 N–H and O–H groups in total. The molecule has 0 aliphatic rings. The molecule has 0 saturated carbocycles. The molecule has 20 heavy (non-hydrogen) atoms. The van der Waals surface area contributed by atoms with E-state index in [9.17, 15) is 4.79 Å². The zero-order chi connectivity index (χ0) is 14.2. The summed E-state index contributed by atoms with van der Waals surface area (Å²) >= 11 is 0. The lowest BCUT2D eigenvalue weighted by atomic mass is 10.2. The summed E-state index contributed by atoms with van der Waals surface area (Å²) in [5, 5.41) is 20.5. The molecule has 0 aliphatic carbocycles. The number of nitriles is 1. The molecule has 1 amide bonds. The van der Waals surface area contributed by atoms with Gasteiger partial charge in [0.05, 0.1) is 0 Å². The Balaban J connectivity index is 1.92. The third kappa shape index (κ3) is 3.68. The predicted octanol–water partition coefficient (Wildman–Crippen LogP) is 0.940. The summed E-state index contributed by atoms with van der Waals surface area (Å²) in [5.74, 6) is -0.100. The minimum atomic E-state index is -0.455. The summed E-state index contributed by atoms with van der Waals surface area (Å²) in [6.45, 7) is 0.362. The molecule has 7 nitrogen and oxygen atoms in total. The monoisotopic (exact) mass is 268 g/mol. The summed E-state index contributed by atoms with van der Waals surface area (Å²) in [6.07, 6.45) is 2.60. The van der Waals surface area contributed by atoms with Gasteiger partial charge >= 0.3 is 0 Å². The summed E-state index contributed by atoms with van der Waals surface area (Å²) in [4.78, 5) is 15.6. The van der Waals surface area contributed by atoms with Crippen molar-refractivity contribution < 1.29 is 4.79 Å². The van der Waals surface area contributed by atoms with E-state index in [2.05, 4.69) is 25.8 Å². The normalized spacial score (nSPS) is 10.7. The first-order chi connectivity index (χ1) is 9.79. The Bertz CT molecular complexity index is 627. The molecule has 7 heteroatoms. The van der Waals surface area contributed by atoms with Crippen LogP contribution in [0.25, 0.3) is 0 Å². The number of aromatic nitrogens is 3. The Morgan fingerprint density at radius 3 is 2.85 bits per heavy atom. The highest BCUT2D eigenvalue weighted by molar-refractivity contribution is 5.97. The number of benzene rings is 1. The zero-order valence-electron chi connectivity index (χ0n) is 10.5. The van der Waals surface area contributed by atoms with E-state index >= 15 is 0 Å². The molecule has 1 heterocycles. The van der Waals surface area contributed by atoms with Gasteiger partial charge in [0.15, 0.2) is 0 Å². The molecule has 2 aromatic rings. The van der Waals surface area contributed by atoms with Crippen molar-refractivity contribution in [3.05, 3.63) is 54.0 Å². The van der Waals surface area contributed by atoms with E-state index in [0.717, 1.165) is 5.56 Å². The van der Waals surface area contributed by atoms with Crippen molar-refractivity contribution in [2.45, 2.75) is 6.54 Å². The fraction of sp³-hybridized carbons (Fsp3) is 0.0769. The van der Waals surface area contributed by atoms with Gasteiger partial charge in [-0.25, -0.2) is 5.10 Å². The number of aromatic amines is 1. The number of amides is 1. The highest BCUT2D eigenvalue weighted by Crippen LogP contribution is 2.00. The largest absolute Gasteiger partial charge is 0.347 e. The Kier molecular flexibility index (Phi) is 4.46. The number of hydrogen-bond donors (Lipinski definition) is 3. The summed E-state index contributed by atoms with van der Waals surface area (Å²) in [7, 11) is 0. The maximum atomic E-state index is 11.8. The summed E-state index contributed by atoms with van der Waals surface area (Å²) in [6, 6.07) is 11.3. The molecule has 0 saturated heterocycles. The second kappa shape index (κ2) is 6.70. The lowest BCUT2D eigenvalue weighted by molar-refractivity contribution is -0.117. The van der Waals surface area contributed by atoms with Crippen LogP contribution < -0.4 is 10.6 Å². The molecular formula is C13H12N6O. The van der Waals surface area contributed by atoms with Crippen LogP contribution >= 0.6 is 0 Å². The zero-order valence-corrected chi connectivity index (χ0v) is 10.5. The molecule has 0 unspecified atom stereocenters. The standard InChI is InChI=1S/C13H12N6O/c14-6-11(8-16-13-17-9-18-19-13)12(20)15-7-10-4-2-1-3-5-10/h1-5,8-9H,7H2,(H,15,20)(H2,16,17,18,19)/b11-8-. The molecule has 1 aromatic heterocycles. The maximum Gasteiger partial charge on any atom is 0.263 e. The Hall–Kier alpha value is -3.14. The number of nitrogens with zero attached hydrogens (tertiary/aromatic N) is 3. The SMILES string of the molecule is N#C/C(=C/Nc1ncn[nH]1)C(=O)NCc1ccccc1. The Morgan fingerprint density at radius 2 is 2.20 bits per heavy atom. The minimum Gasteiger partial charge on any atom is -0.347 e. The van der Waals surface area contributed by atoms with Crippen LogP contribution in [0, 0.1) is 11.3 Å². The first kappa shape index (κ1) is 13.3. The first-order valence-electron chi connectivity index (χ1n) is 5.84. The van der Waals surface area contributed by atoms with Crippen LogP contribution in [-0.4, -0.2) is 21.1 Å². The maximum absolute atomic E-state index is 11.8. The van der Waals surface area contributed by atoms with E-state index in [-0.39, 0.29) is 5.57 Å². The number of H-pyrrole nitrogens is 1. The molecule has 1 aromatic carbocycles. The number of carbonyl (C=O) groups is 1. The van der Waals surface area contributed by atoms with Crippen molar-refractivity contribution in [1.29, 1.82) is 5.26 Å². The van der Waals surface area contributed by atoms with Gasteiger partial charge in [-0.1, -0.05) is 30.3 Å². The number of rotatable bonds is 5. The topological polar surface area (TPSA) is 106 Å². The first-order valence-corrected chi connectivity index (χ1v) is 5.84. The minimum absolute atomic E-state index is 0.0441. The van der Waals surface area contributed by atoms with Gasteiger partial charge in [-0.3, -0.25) is 4.79 Å². The molecule has 0 radical (unpaired) electrons. The van der Waals surface area contributed by atoms with Gasteiger partial charge in [0.2, 0.25) is 5.95 Å². The average molecular weight is 268 g/mol. The average Bonchev–Trinajstić information content (AvgIpc) is 3.00. The van der Waals surface area contributed by atoms with Crippen LogP contribution in [0.3, 0.4) is 0 Å². The second-order valence-corrected chi connectivity index (χ2v) is 3.82. The Morgan fingerprint density at radius 1 is 1.40 bits per heavy atom.